The molecule has 1 saturated heterocycles. The van der Waals surface area contributed by atoms with Crippen molar-refractivity contribution in [2.24, 2.45) is 0 Å². The first-order valence-electron chi connectivity index (χ1n) is 12.4. The minimum atomic E-state index is -0.764. The summed E-state index contributed by atoms with van der Waals surface area (Å²) in [6.45, 7) is 3.43. The molecule has 0 aliphatic carbocycles. The van der Waals surface area contributed by atoms with E-state index in [9.17, 15) is 14.7 Å². The lowest BCUT2D eigenvalue weighted by Gasteiger charge is -2.27. The fourth-order valence-electron chi connectivity index (χ4n) is 4.25. The molecule has 192 valence electrons. The molecule has 0 bridgehead atoms. The number of Topliss-reactive ketones (excluding diaryl/α,β-unsaturated/α-hetero) is 1. The second-order valence-corrected chi connectivity index (χ2v) is 9.16. The summed E-state index contributed by atoms with van der Waals surface area (Å²) in [7, 11) is 3.81. The van der Waals surface area contributed by atoms with Crippen LogP contribution in [0.1, 0.15) is 30.5 Å². The highest BCUT2D eigenvalue weighted by Gasteiger charge is 2.46. The lowest BCUT2D eigenvalue weighted by Crippen LogP contribution is -2.35. The average Bonchev–Trinajstić information content (AvgIpc) is 3.16. The molecular formula is C30H32N2O5. The molecule has 1 amide bonds. The molecule has 0 saturated carbocycles. The van der Waals surface area contributed by atoms with Crippen molar-refractivity contribution in [2.45, 2.75) is 19.4 Å². The standard InChI is InChI=1S/C30H32N2O5/c1-4-18-36-24-14-9-11-22(20-24)28(33)26-27(32(17-16-31(2)3)30(35)29(26)34)21-10-8-15-25(19-21)37-23-12-6-5-7-13-23/h5-15,19-20,27,33H,4,16-18H2,1-3H3. The van der Waals surface area contributed by atoms with E-state index in [0.717, 1.165) is 6.42 Å². The van der Waals surface area contributed by atoms with E-state index in [1.165, 1.54) is 4.90 Å². The Morgan fingerprint density at radius 3 is 2.35 bits per heavy atom. The predicted molar refractivity (Wildman–Crippen MR) is 143 cm³/mol. The van der Waals surface area contributed by atoms with Gasteiger partial charge >= 0.3 is 0 Å². The number of amides is 1. The van der Waals surface area contributed by atoms with Gasteiger partial charge < -0.3 is 24.4 Å². The van der Waals surface area contributed by atoms with Gasteiger partial charge in [0.2, 0.25) is 0 Å². The zero-order chi connectivity index (χ0) is 26.4. The van der Waals surface area contributed by atoms with Crippen molar-refractivity contribution in [3.8, 4) is 17.2 Å². The van der Waals surface area contributed by atoms with Gasteiger partial charge in [-0.25, -0.2) is 0 Å². The molecule has 3 aromatic carbocycles. The first kappa shape index (κ1) is 26.0. The number of rotatable bonds is 10. The summed E-state index contributed by atoms with van der Waals surface area (Å²) >= 11 is 0. The Morgan fingerprint density at radius 2 is 1.62 bits per heavy atom. The van der Waals surface area contributed by atoms with E-state index in [-0.39, 0.29) is 11.3 Å². The van der Waals surface area contributed by atoms with Crippen LogP contribution < -0.4 is 9.47 Å². The summed E-state index contributed by atoms with van der Waals surface area (Å²) in [5, 5.41) is 11.4. The molecule has 1 aliphatic rings. The van der Waals surface area contributed by atoms with Crippen molar-refractivity contribution in [3.63, 3.8) is 0 Å². The summed E-state index contributed by atoms with van der Waals surface area (Å²) in [6, 6.07) is 22.8. The van der Waals surface area contributed by atoms with Crippen molar-refractivity contribution in [1.29, 1.82) is 0 Å². The molecular weight excluding hydrogens is 468 g/mol. The molecule has 1 aliphatic heterocycles. The predicted octanol–water partition coefficient (Wildman–Crippen LogP) is 5.25. The number of carbonyl (C=O) groups excluding carboxylic acids is 2. The number of para-hydroxylation sites is 1. The maximum atomic E-state index is 13.3. The molecule has 7 heteroatoms. The highest BCUT2D eigenvalue weighted by Crippen LogP contribution is 2.40. The Hall–Kier alpha value is -4.10. The van der Waals surface area contributed by atoms with Crippen LogP contribution in [0.4, 0.5) is 0 Å². The van der Waals surface area contributed by atoms with Gasteiger partial charge in [-0.3, -0.25) is 9.59 Å². The van der Waals surface area contributed by atoms with Crippen molar-refractivity contribution < 1.29 is 24.2 Å². The number of benzene rings is 3. The van der Waals surface area contributed by atoms with Gasteiger partial charge in [-0.15, -0.1) is 0 Å². The van der Waals surface area contributed by atoms with Gasteiger partial charge in [-0.2, -0.15) is 0 Å². The fourth-order valence-corrected chi connectivity index (χ4v) is 4.25. The minimum absolute atomic E-state index is 0.0493. The lowest BCUT2D eigenvalue weighted by atomic mass is 9.95. The van der Waals surface area contributed by atoms with E-state index in [1.54, 1.807) is 30.3 Å². The Labute approximate surface area is 217 Å². The topological polar surface area (TPSA) is 79.3 Å². The molecule has 7 nitrogen and oxygen atoms in total. The number of aliphatic hydroxyl groups is 1. The zero-order valence-electron chi connectivity index (χ0n) is 21.4. The van der Waals surface area contributed by atoms with Gasteiger partial charge in [0, 0.05) is 18.7 Å². The summed E-state index contributed by atoms with van der Waals surface area (Å²) in [4.78, 5) is 30.0. The minimum Gasteiger partial charge on any atom is -0.507 e. The van der Waals surface area contributed by atoms with E-state index in [2.05, 4.69) is 0 Å². The number of ether oxygens (including phenoxy) is 2. The molecule has 1 fully saturated rings. The van der Waals surface area contributed by atoms with E-state index in [0.29, 0.717) is 48.1 Å². The molecule has 0 spiro atoms. The van der Waals surface area contributed by atoms with Crippen molar-refractivity contribution in [3.05, 3.63) is 95.6 Å². The van der Waals surface area contributed by atoms with Crippen LogP contribution in [0, 0.1) is 0 Å². The number of hydrogen-bond acceptors (Lipinski definition) is 6. The number of aliphatic hydroxyl groups excluding tert-OH is 1. The van der Waals surface area contributed by atoms with E-state index < -0.39 is 17.7 Å². The van der Waals surface area contributed by atoms with Crippen molar-refractivity contribution >= 4 is 17.4 Å². The summed E-state index contributed by atoms with van der Waals surface area (Å²) in [5.41, 5.74) is 1.14. The first-order valence-corrected chi connectivity index (χ1v) is 12.4. The maximum Gasteiger partial charge on any atom is 0.295 e. The summed E-state index contributed by atoms with van der Waals surface area (Å²) in [5.74, 6) is 0.244. The number of carbonyl (C=O) groups is 2. The number of hydrogen-bond donors (Lipinski definition) is 1. The molecule has 1 heterocycles. The van der Waals surface area contributed by atoms with Crippen LogP contribution in [-0.4, -0.2) is 60.4 Å². The monoisotopic (exact) mass is 500 g/mol. The van der Waals surface area contributed by atoms with Crippen LogP contribution in [0.3, 0.4) is 0 Å². The second kappa shape index (κ2) is 11.8. The summed E-state index contributed by atoms with van der Waals surface area (Å²) < 4.78 is 11.7. The van der Waals surface area contributed by atoms with E-state index in [1.807, 2.05) is 74.4 Å². The van der Waals surface area contributed by atoms with Gasteiger partial charge in [-0.05, 0) is 62.5 Å². The Morgan fingerprint density at radius 1 is 0.919 bits per heavy atom. The zero-order valence-corrected chi connectivity index (χ0v) is 21.4. The van der Waals surface area contributed by atoms with Crippen LogP contribution in [0.15, 0.2) is 84.4 Å². The number of nitrogens with zero attached hydrogens (tertiary/aromatic N) is 2. The average molecular weight is 501 g/mol. The van der Waals surface area contributed by atoms with Crippen LogP contribution in [-0.2, 0) is 9.59 Å². The highest BCUT2D eigenvalue weighted by atomic mass is 16.5. The molecule has 1 unspecified atom stereocenters. The number of likely N-dealkylation sites (N-methyl/N-ethyl adjacent to an activating group) is 1. The van der Waals surface area contributed by atoms with Crippen molar-refractivity contribution in [1.82, 2.24) is 9.80 Å². The molecule has 0 radical (unpaired) electrons. The van der Waals surface area contributed by atoms with Gasteiger partial charge in [0.15, 0.2) is 0 Å². The Kier molecular flexibility index (Phi) is 8.25. The number of likely N-dealkylation sites (tertiary alicyclic amines) is 1. The fraction of sp³-hybridized carbons (Fsp3) is 0.267. The lowest BCUT2D eigenvalue weighted by molar-refractivity contribution is -0.140. The van der Waals surface area contributed by atoms with Gasteiger partial charge in [0.1, 0.15) is 23.0 Å². The highest BCUT2D eigenvalue weighted by molar-refractivity contribution is 6.46. The molecule has 1 atom stereocenters. The summed E-state index contributed by atoms with van der Waals surface area (Å²) in [6.07, 6.45) is 0.842. The third-order valence-electron chi connectivity index (χ3n) is 6.06. The van der Waals surface area contributed by atoms with Crippen LogP contribution in [0.25, 0.3) is 5.76 Å². The maximum absolute atomic E-state index is 13.3. The molecule has 3 aromatic rings. The van der Waals surface area contributed by atoms with E-state index in [4.69, 9.17) is 9.47 Å². The normalized spacial score (nSPS) is 16.9. The van der Waals surface area contributed by atoms with Crippen LogP contribution in [0.5, 0.6) is 17.2 Å². The molecule has 1 N–H and O–H groups in total. The molecule has 37 heavy (non-hydrogen) atoms. The Balaban J connectivity index is 1.78. The van der Waals surface area contributed by atoms with Gasteiger partial charge in [-0.1, -0.05) is 49.4 Å². The molecule has 4 rings (SSSR count). The van der Waals surface area contributed by atoms with Crippen molar-refractivity contribution in [2.75, 3.05) is 33.8 Å². The number of ketones is 1. The largest absolute Gasteiger partial charge is 0.507 e. The third-order valence-corrected chi connectivity index (χ3v) is 6.06. The first-order chi connectivity index (χ1) is 17.9. The SMILES string of the molecule is CCCOc1cccc(C(O)=C2C(=O)C(=O)N(CCN(C)C)C2c2cccc(Oc3ccccc3)c2)c1. The third kappa shape index (κ3) is 6.01. The van der Waals surface area contributed by atoms with Crippen LogP contribution >= 0.6 is 0 Å². The Bertz CT molecular complexity index is 1290. The smallest absolute Gasteiger partial charge is 0.295 e. The van der Waals surface area contributed by atoms with Gasteiger partial charge in [0.05, 0.1) is 18.2 Å². The van der Waals surface area contributed by atoms with Crippen LogP contribution in [0.2, 0.25) is 0 Å². The van der Waals surface area contributed by atoms with Gasteiger partial charge in [0.25, 0.3) is 11.7 Å². The molecule has 0 aromatic heterocycles. The second-order valence-electron chi connectivity index (χ2n) is 9.16. The van der Waals surface area contributed by atoms with E-state index >= 15 is 0 Å². The quantitative estimate of drug-likeness (QED) is 0.233.